The Morgan fingerprint density at radius 3 is 1.91 bits per heavy atom. The van der Waals surface area contributed by atoms with Gasteiger partial charge in [0.25, 0.3) is 10.1 Å². The van der Waals surface area contributed by atoms with Crippen LogP contribution in [0.25, 0.3) is 0 Å². The van der Waals surface area contributed by atoms with Crippen molar-refractivity contribution in [3.8, 4) is 17.2 Å². The van der Waals surface area contributed by atoms with Gasteiger partial charge in [0.2, 0.25) is 0 Å². The van der Waals surface area contributed by atoms with E-state index in [0.29, 0.717) is 17.7 Å². The summed E-state index contributed by atoms with van der Waals surface area (Å²) < 4.78 is 38.7. The molecule has 2 rings (SSSR count). The third kappa shape index (κ3) is 11.1. The Labute approximate surface area is 236 Å². The number of hydrogen-bond donors (Lipinski definition) is 1. The Bertz CT molecular complexity index is 885. The molecule has 32 heavy (non-hydrogen) atoms. The molecule has 0 atom stereocenters. The van der Waals surface area contributed by atoms with E-state index in [9.17, 15) is 18.1 Å². The molecule has 0 saturated heterocycles. The van der Waals surface area contributed by atoms with Crippen molar-refractivity contribution < 1.29 is 74.2 Å². The standard InChI is InChI=1S/C25H36O5S.K/c1-2-3-4-5-6-7-8-9-10-11-13-16-21-19-24(30-22-17-14-12-15-18-22)23(26)20-25(21)31(27,28)29;/h12,14-15,17-20,26H,2-11,13,16H2,1H3,(H,27,28,29);/q;+1/p-1. The van der Waals surface area contributed by atoms with Crippen LogP contribution in [0.1, 0.15) is 83.1 Å². The van der Waals surface area contributed by atoms with Gasteiger partial charge in [0.1, 0.15) is 11.5 Å². The minimum atomic E-state index is -4.47. The van der Waals surface area contributed by atoms with E-state index in [1.807, 2.05) is 6.07 Å². The van der Waals surface area contributed by atoms with Gasteiger partial charge < -0.3 is 9.84 Å². The second kappa shape index (κ2) is 16.3. The fourth-order valence-electron chi connectivity index (χ4n) is 3.69. The Morgan fingerprint density at radius 2 is 1.38 bits per heavy atom. The monoisotopic (exact) mass is 486 g/mol. The van der Waals surface area contributed by atoms with E-state index in [4.69, 9.17) is 4.74 Å². The van der Waals surface area contributed by atoms with Crippen LogP contribution in [0, 0.1) is 0 Å². The molecule has 0 unspecified atom stereocenters. The van der Waals surface area contributed by atoms with Gasteiger partial charge in [-0.25, -0.2) is 0 Å². The third-order valence-electron chi connectivity index (χ3n) is 5.43. The topological polar surface area (TPSA) is 86.7 Å². The number of hydrogen-bond acceptors (Lipinski definition) is 4. The Hall–Kier alpha value is -0.414. The largest absolute Gasteiger partial charge is 1.00 e. The zero-order valence-corrected chi connectivity index (χ0v) is 23.5. The number of ether oxygens (including phenoxy) is 1. The number of rotatable bonds is 15. The van der Waals surface area contributed by atoms with E-state index in [2.05, 4.69) is 6.92 Å². The van der Waals surface area contributed by atoms with Crippen LogP contribution < -0.4 is 61.2 Å². The Morgan fingerprint density at radius 1 is 0.844 bits per heavy atom. The molecule has 1 N–H and O–H groups in total. The number of aryl methyl sites for hydroxylation is 1. The first-order valence-electron chi connectivity index (χ1n) is 11.5. The van der Waals surface area contributed by atoms with Gasteiger partial charge in [-0.3, -0.25) is 4.55 Å². The summed E-state index contributed by atoms with van der Waals surface area (Å²) >= 11 is 0. The second-order valence-electron chi connectivity index (χ2n) is 8.08. The molecule has 172 valence electrons. The third-order valence-corrected chi connectivity index (χ3v) is 6.36. The molecule has 0 fully saturated rings. The van der Waals surface area contributed by atoms with Gasteiger partial charge in [-0.1, -0.05) is 95.1 Å². The summed E-state index contributed by atoms with van der Waals surface area (Å²) in [6.45, 7) is 2.23. The van der Waals surface area contributed by atoms with Crippen LogP contribution >= 0.6 is 0 Å². The van der Waals surface area contributed by atoms with Crippen molar-refractivity contribution in [2.75, 3.05) is 0 Å². The van der Waals surface area contributed by atoms with Crippen molar-refractivity contribution in [3.63, 3.8) is 0 Å². The molecule has 0 aliphatic carbocycles. The summed E-state index contributed by atoms with van der Waals surface area (Å²) in [4.78, 5) is -0.315. The summed E-state index contributed by atoms with van der Waals surface area (Å²) in [7, 11) is -4.47. The zero-order chi connectivity index (χ0) is 22.5. The van der Waals surface area contributed by atoms with Gasteiger partial charge in [0, 0.05) is 0 Å². The normalized spacial score (nSPS) is 11.2. The Balaban J connectivity index is 0.00000512. The van der Waals surface area contributed by atoms with Crippen LogP contribution in [-0.2, 0) is 16.5 Å². The van der Waals surface area contributed by atoms with Crippen molar-refractivity contribution in [2.24, 2.45) is 0 Å². The molecule has 0 aliphatic heterocycles. The molecule has 0 saturated carbocycles. The average molecular weight is 487 g/mol. The van der Waals surface area contributed by atoms with Gasteiger partial charge in [-0.2, -0.15) is 8.42 Å². The van der Waals surface area contributed by atoms with Crippen LogP contribution in [0.2, 0.25) is 0 Å². The van der Waals surface area contributed by atoms with E-state index in [-0.39, 0.29) is 62.0 Å². The minimum absolute atomic E-state index is 0. The molecule has 7 heteroatoms. The number of para-hydroxylation sites is 1. The van der Waals surface area contributed by atoms with Crippen LogP contribution in [0.4, 0.5) is 0 Å². The second-order valence-corrected chi connectivity index (χ2v) is 9.47. The van der Waals surface area contributed by atoms with Crippen molar-refractivity contribution in [1.82, 2.24) is 0 Å². The first-order chi connectivity index (χ1) is 14.9. The van der Waals surface area contributed by atoms with Gasteiger partial charge in [-0.15, -0.1) is 0 Å². The summed E-state index contributed by atoms with van der Waals surface area (Å²) in [5, 5.41) is 12.3. The Kier molecular flexibility index (Phi) is 15.0. The van der Waals surface area contributed by atoms with E-state index in [1.54, 1.807) is 24.3 Å². The summed E-state index contributed by atoms with van der Waals surface area (Å²) in [6, 6.07) is 11.3. The molecule has 0 heterocycles. The van der Waals surface area contributed by atoms with Gasteiger partial charge in [-0.05, 0) is 42.7 Å². The molecule has 2 aromatic carbocycles. The molecule has 0 spiro atoms. The van der Waals surface area contributed by atoms with Crippen LogP contribution in [0.5, 0.6) is 17.2 Å². The summed E-state index contributed by atoms with van der Waals surface area (Å²) in [5.74, 6) is -0.00399. The molecule has 0 bridgehead atoms. The smallest absolute Gasteiger partial charge is 0.870 e. The predicted molar refractivity (Wildman–Crippen MR) is 122 cm³/mol. The van der Waals surface area contributed by atoms with E-state index < -0.39 is 15.9 Å². The first-order valence-corrected chi connectivity index (χ1v) is 12.9. The predicted octanol–water partition coefficient (Wildman–Crippen LogP) is 3.66. The number of benzene rings is 2. The molecule has 2 aromatic rings. The molecule has 0 amide bonds. The quantitative estimate of drug-likeness (QED) is 0.236. The first kappa shape index (κ1) is 29.6. The molecular weight excluding hydrogens is 451 g/mol. The van der Waals surface area contributed by atoms with Gasteiger partial charge in [0.05, 0.1) is 4.90 Å². The van der Waals surface area contributed by atoms with E-state index in [1.165, 1.54) is 57.4 Å². The van der Waals surface area contributed by atoms with Crippen molar-refractivity contribution in [1.29, 1.82) is 0 Å². The van der Waals surface area contributed by atoms with Crippen molar-refractivity contribution in [2.45, 2.75) is 88.9 Å². The summed E-state index contributed by atoms with van der Waals surface area (Å²) in [6.07, 6.45) is 13.6. The summed E-state index contributed by atoms with van der Waals surface area (Å²) in [5.41, 5.74) is 0.420. The number of unbranched alkanes of at least 4 members (excludes halogenated alkanes) is 10. The zero-order valence-electron chi connectivity index (χ0n) is 19.5. The van der Waals surface area contributed by atoms with Crippen LogP contribution in [0.15, 0.2) is 47.4 Å². The maximum absolute atomic E-state index is 12.3. The van der Waals surface area contributed by atoms with E-state index in [0.717, 1.165) is 25.3 Å². The van der Waals surface area contributed by atoms with Crippen LogP contribution in [-0.4, -0.2) is 13.0 Å². The molecular formula is C25H35KO5S. The minimum Gasteiger partial charge on any atom is -0.870 e. The fourth-order valence-corrected chi connectivity index (χ4v) is 4.44. The van der Waals surface area contributed by atoms with Crippen molar-refractivity contribution >= 4 is 10.1 Å². The maximum Gasteiger partial charge on any atom is 1.00 e. The SMILES string of the molecule is CCCCCCCCCCCCCc1cc(Oc2ccccc2)c([O-])cc1S(=O)(=O)O.[K+]. The average Bonchev–Trinajstić information content (AvgIpc) is 2.74. The van der Waals surface area contributed by atoms with E-state index >= 15 is 0 Å². The van der Waals surface area contributed by atoms with Crippen molar-refractivity contribution in [3.05, 3.63) is 48.0 Å². The molecule has 0 aliphatic rings. The van der Waals surface area contributed by atoms with Gasteiger partial charge in [0.15, 0.2) is 0 Å². The molecule has 5 nitrogen and oxygen atoms in total. The molecule has 0 radical (unpaired) electrons. The van der Waals surface area contributed by atoms with Gasteiger partial charge >= 0.3 is 51.4 Å². The fraction of sp³-hybridized carbons (Fsp3) is 0.520. The van der Waals surface area contributed by atoms with Crippen LogP contribution in [0.3, 0.4) is 0 Å². The maximum atomic E-state index is 12.3. The molecule has 0 aromatic heterocycles.